The van der Waals surface area contributed by atoms with Crippen molar-refractivity contribution in [2.24, 2.45) is 5.73 Å². The van der Waals surface area contributed by atoms with Gasteiger partial charge in [0.2, 0.25) is 5.91 Å². The number of nitro groups is 1. The molecule has 0 aliphatic carbocycles. The number of nitrogens with zero attached hydrogens (tertiary/aromatic N) is 1. The summed E-state index contributed by atoms with van der Waals surface area (Å²) in [5, 5.41) is 13.4. The average molecular weight is 267 g/mol. The van der Waals surface area contributed by atoms with E-state index in [1.807, 2.05) is 0 Å². The van der Waals surface area contributed by atoms with Crippen molar-refractivity contribution in [1.82, 2.24) is 0 Å². The van der Waals surface area contributed by atoms with Crippen molar-refractivity contribution in [3.05, 3.63) is 33.9 Å². The smallest absolute Gasteiger partial charge is 0.274 e. The Balaban J connectivity index is 2.80. The monoisotopic (exact) mass is 267 g/mol. The van der Waals surface area contributed by atoms with Crippen LogP contribution in [0.1, 0.15) is 12.0 Å². The van der Waals surface area contributed by atoms with E-state index in [1.165, 1.54) is 19.2 Å². The van der Waals surface area contributed by atoms with Gasteiger partial charge in [-0.25, -0.2) is 0 Å². The Labute approximate surface area is 110 Å². The highest BCUT2D eigenvalue weighted by molar-refractivity contribution is 5.92. The first-order chi connectivity index (χ1) is 8.99. The molecule has 0 fully saturated rings. The number of amides is 1. The van der Waals surface area contributed by atoms with Gasteiger partial charge in [-0.3, -0.25) is 14.9 Å². The largest absolute Gasteiger partial charge is 0.380 e. The second-order valence-electron chi connectivity index (χ2n) is 4.05. The summed E-state index contributed by atoms with van der Waals surface area (Å²) in [6.07, 6.45) is -0.256. The maximum absolute atomic E-state index is 11.8. The van der Waals surface area contributed by atoms with Crippen molar-refractivity contribution >= 4 is 17.3 Å². The molecule has 0 spiro atoms. The van der Waals surface area contributed by atoms with Gasteiger partial charge >= 0.3 is 0 Å². The van der Waals surface area contributed by atoms with Crippen LogP contribution in [0.3, 0.4) is 0 Å². The van der Waals surface area contributed by atoms with Gasteiger partial charge < -0.3 is 15.8 Å². The minimum atomic E-state index is -0.483. The Bertz CT molecular complexity index is 472. The third kappa shape index (κ3) is 4.01. The van der Waals surface area contributed by atoms with Crippen LogP contribution in [0.2, 0.25) is 0 Å². The van der Waals surface area contributed by atoms with Crippen molar-refractivity contribution in [2.75, 3.05) is 19.0 Å². The van der Waals surface area contributed by atoms with Crippen LogP contribution < -0.4 is 11.1 Å². The second kappa shape index (κ2) is 6.81. The van der Waals surface area contributed by atoms with Crippen LogP contribution in [-0.4, -0.2) is 30.6 Å². The maximum Gasteiger partial charge on any atom is 0.274 e. The highest BCUT2D eigenvalue weighted by Gasteiger charge is 2.16. The molecule has 0 aliphatic rings. The number of nitrogens with two attached hydrogens (primary N) is 1. The summed E-state index contributed by atoms with van der Waals surface area (Å²) >= 11 is 0. The van der Waals surface area contributed by atoms with Crippen molar-refractivity contribution in [1.29, 1.82) is 0 Å². The molecule has 0 radical (unpaired) electrons. The van der Waals surface area contributed by atoms with Gasteiger partial charge in [0.15, 0.2) is 0 Å². The Morgan fingerprint density at radius 3 is 2.79 bits per heavy atom. The van der Waals surface area contributed by atoms with Crippen LogP contribution in [0.25, 0.3) is 0 Å². The van der Waals surface area contributed by atoms with Crippen molar-refractivity contribution in [3.63, 3.8) is 0 Å². The lowest BCUT2D eigenvalue weighted by molar-refractivity contribution is -0.385. The van der Waals surface area contributed by atoms with E-state index in [1.54, 1.807) is 13.0 Å². The Kier molecular flexibility index (Phi) is 5.40. The van der Waals surface area contributed by atoms with Gasteiger partial charge in [-0.2, -0.15) is 0 Å². The molecule has 0 aromatic heterocycles. The summed E-state index contributed by atoms with van der Waals surface area (Å²) in [5.74, 6) is -0.291. The number of benzene rings is 1. The number of methoxy groups -OCH3 is 1. The van der Waals surface area contributed by atoms with E-state index < -0.39 is 4.92 Å². The van der Waals surface area contributed by atoms with Crippen LogP contribution >= 0.6 is 0 Å². The second-order valence-corrected chi connectivity index (χ2v) is 4.05. The first-order valence-electron chi connectivity index (χ1n) is 5.76. The molecule has 0 saturated carbocycles. The first kappa shape index (κ1) is 15.1. The minimum absolute atomic E-state index is 0.0279. The number of nitrogens with one attached hydrogen (secondary N) is 1. The molecular formula is C12H17N3O4. The molecule has 104 valence electrons. The fourth-order valence-electron chi connectivity index (χ4n) is 1.63. The van der Waals surface area contributed by atoms with E-state index in [-0.39, 0.29) is 30.7 Å². The lowest BCUT2D eigenvalue weighted by atomic mass is 10.1. The zero-order valence-corrected chi connectivity index (χ0v) is 10.9. The molecule has 1 amide bonds. The van der Waals surface area contributed by atoms with Gasteiger partial charge in [0.1, 0.15) is 0 Å². The number of hydrogen-bond donors (Lipinski definition) is 2. The number of rotatable bonds is 6. The van der Waals surface area contributed by atoms with E-state index in [4.69, 9.17) is 10.5 Å². The predicted octanol–water partition coefficient (Wildman–Crippen LogP) is 1.21. The van der Waals surface area contributed by atoms with Crippen LogP contribution in [0.5, 0.6) is 0 Å². The summed E-state index contributed by atoms with van der Waals surface area (Å²) in [6.45, 7) is 1.82. The van der Waals surface area contributed by atoms with Crippen molar-refractivity contribution in [3.8, 4) is 0 Å². The number of carbonyl (C=O) groups is 1. The van der Waals surface area contributed by atoms with Gasteiger partial charge in [-0.15, -0.1) is 0 Å². The first-order valence-corrected chi connectivity index (χ1v) is 5.76. The quantitative estimate of drug-likeness (QED) is 0.595. The summed E-state index contributed by atoms with van der Waals surface area (Å²) in [7, 11) is 1.48. The number of hydrogen-bond acceptors (Lipinski definition) is 5. The molecule has 0 saturated heterocycles. The summed E-state index contributed by atoms with van der Waals surface area (Å²) < 4.78 is 5.01. The normalized spacial score (nSPS) is 11.9. The highest BCUT2D eigenvalue weighted by atomic mass is 16.6. The molecule has 1 aromatic carbocycles. The van der Waals surface area contributed by atoms with Crippen LogP contribution in [0.4, 0.5) is 11.4 Å². The van der Waals surface area contributed by atoms with Crippen LogP contribution in [0.15, 0.2) is 18.2 Å². The number of carbonyl (C=O) groups excluding carboxylic acids is 1. The van der Waals surface area contributed by atoms with E-state index in [0.29, 0.717) is 11.3 Å². The molecule has 1 atom stereocenters. The molecule has 0 aliphatic heterocycles. The van der Waals surface area contributed by atoms with Crippen LogP contribution in [0, 0.1) is 17.0 Å². The molecule has 3 N–H and O–H groups in total. The molecule has 0 heterocycles. The standard InChI is InChI=1S/C12H17N3O4/c1-8-10(4-3-5-11(8)15(17)18)14-12(16)6-9(7-13)19-2/h3-5,9H,6-7,13H2,1-2H3,(H,14,16). The number of anilines is 1. The zero-order chi connectivity index (χ0) is 14.4. The Morgan fingerprint density at radius 1 is 1.58 bits per heavy atom. The lowest BCUT2D eigenvalue weighted by Gasteiger charge is -2.13. The molecule has 1 unspecified atom stereocenters. The molecule has 7 heteroatoms. The number of ether oxygens (including phenoxy) is 1. The van der Waals surface area contributed by atoms with Crippen LogP contribution in [-0.2, 0) is 9.53 Å². The third-order valence-corrected chi connectivity index (χ3v) is 2.79. The molecule has 1 aromatic rings. The minimum Gasteiger partial charge on any atom is -0.380 e. The fraction of sp³-hybridized carbons (Fsp3) is 0.417. The highest BCUT2D eigenvalue weighted by Crippen LogP contribution is 2.25. The van der Waals surface area contributed by atoms with E-state index in [2.05, 4.69) is 5.32 Å². The van der Waals surface area contributed by atoms with Gasteiger partial charge in [-0.1, -0.05) is 6.07 Å². The van der Waals surface area contributed by atoms with E-state index in [9.17, 15) is 14.9 Å². The summed E-state index contributed by atoms with van der Waals surface area (Å²) in [5.41, 5.74) is 6.24. The molecule has 7 nitrogen and oxygen atoms in total. The van der Waals surface area contributed by atoms with Gasteiger partial charge in [-0.05, 0) is 13.0 Å². The molecule has 1 rings (SSSR count). The van der Waals surface area contributed by atoms with E-state index >= 15 is 0 Å². The van der Waals surface area contributed by atoms with Gasteiger partial charge in [0.25, 0.3) is 5.69 Å². The SMILES string of the molecule is COC(CN)CC(=O)Nc1cccc([N+](=O)[O-])c1C. The fourth-order valence-corrected chi connectivity index (χ4v) is 1.63. The molecule has 0 bridgehead atoms. The topological polar surface area (TPSA) is 107 Å². The summed E-state index contributed by atoms with van der Waals surface area (Å²) in [6, 6.07) is 4.53. The average Bonchev–Trinajstić information content (AvgIpc) is 2.38. The van der Waals surface area contributed by atoms with Crippen molar-refractivity contribution in [2.45, 2.75) is 19.4 Å². The van der Waals surface area contributed by atoms with Gasteiger partial charge in [0.05, 0.1) is 28.7 Å². The van der Waals surface area contributed by atoms with E-state index in [0.717, 1.165) is 0 Å². The Hall–Kier alpha value is -1.99. The molecule has 19 heavy (non-hydrogen) atoms. The predicted molar refractivity (Wildman–Crippen MR) is 70.9 cm³/mol. The maximum atomic E-state index is 11.8. The molecular weight excluding hydrogens is 250 g/mol. The zero-order valence-electron chi connectivity index (χ0n) is 10.9. The summed E-state index contributed by atoms with van der Waals surface area (Å²) in [4.78, 5) is 22.1. The van der Waals surface area contributed by atoms with Gasteiger partial charge in [0, 0.05) is 19.7 Å². The Morgan fingerprint density at radius 2 is 2.26 bits per heavy atom. The lowest BCUT2D eigenvalue weighted by Crippen LogP contribution is -2.28. The van der Waals surface area contributed by atoms with Crippen molar-refractivity contribution < 1.29 is 14.5 Å². The number of nitro benzene ring substituents is 1. The third-order valence-electron chi connectivity index (χ3n) is 2.79.